The zero-order valence-corrected chi connectivity index (χ0v) is 10.7. The molecule has 2 aromatic heterocycles. The van der Waals surface area contributed by atoms with Gasteiger partial charge in [0.25, 0.3) is 0 Å². The number of rotatable bonds is 2. The van der Waals surface area contributed by atoms with Gasteiger partial charge in [-0.15, -0.1) is 0 Å². The van der Waals surface area contributed by atoms with E-state index in [2.05, 4.69) is 21.5 Å². The van der Waals surface area contributed by atoms with E-state index in [1.807, 2.05) is 12.1 Å². The molecule has 0 spiro atoms. The number of aromatic nitrogens is 3. The quantitative estimate of drug-likeness (QED) is 0.897. The Kier molecular flexibility index (Phi) is 2.81. The maximum Gasteiger partial charge on any atom is 0.356 e. The minimum Gasteiger partial charge on any atom is -0.476 e. The van der Waals surface area contributed by atoms with Crippen LogP contribution in [0.15, 0.2) is 24.5 Å². The zero-order valence-electron chi connectivity index (χ0n) is 10.7. The molecule has 1 unspecified atom stereocenters. The Balaban J connectivity index is 2.23. The first kappa shape index (κ1) is 11.9. The third-order valence-corrected chi connectivity index (χ3v) is 3.61. The Bertz CT molecular complexity index is 619. The first-order valence-electron chi connectivity index (χ1n) is 6.43. The van der Waals surface area contributed by atoms with Crippen LogP contribution in [0.4, 0.5) is 0 Å². The fourth-order valence-electron chi connectivity index (χ4n) is 2.74. The summed E-state index contributed by atoms with van der Waals surface area (Å²) in [4.78, 5) is 19.8. The molecule has 1 N–H and O–H groups in total. The first-order valence-corrected chi connectivity index (χ1v) is 6.43. The van der Waals surface area contributed by atoms with Gasteiger partial charge in [-0.3, -0.25) is 4.98 Å². The van der Waals surface area contributed by atoms with Gasteiger partial charge >= 0.3 is 5.97 Å². The number of carbonyl (C=O) groups is 1. The second-order valence-electron chi connectivity index (χ2n) is 4.89. The lowest BCUT2D eigenvalue weighted by Gasteiger charge is -2.24. The van der Waals surface area contributed by atoms with Crippen molar-refractivity contribution in [1.29, 1.82) is 0 Å². The third-order valence-electron chi connectivity index (χ3n) is 3.61. The fraction of sp³-hybridized carbons (Fsp3) is 0.357. The summed E-state index contributed by atoms with van der Waals surface area (Å²) in [5.41, 5.74) is 1.89. The van der Waals surface area contributed by atoms with E-state index in [0.717, 1.165) is 30.5 Å². The second kappa shape index (κ2) is 4.50. The number of imidazole rings is 1. The van der Waals surface area contributed by atoms with Gasteiger partial charge in [0.1, 0.15) is 5.82 Å². The van der Waals surface area contributed by atoms with Gasteiger partial charge in [-0.25, -0.2) is 9.78 Å². The zero-order chi connectivity index (χ0) is 13.4. The summed E-state index contributed by atoms with van der Waals surface area (Å²) in [7, 11) is 0. The molecular weight excluding hydrogens is 242 g/mol. The van der Waals surface area contributed by atoms with Gasteiger partial charge in [0.2, 0.25) is 0 Å². The Labute approximate surface area is 110 Å². The van der Waals surface area contributed by atoms with Crippen LogP contribution >= 0.6 is 0 Å². The topological polar surface area (TPSA) is 68.0 Å². The molecule has 3 rings (SSSR count). The molecule has 0 saturated heterocycles. The highest BCUT2D eigenvalue weighted by Gasteiger charge is 2.27. The van der Waals surface area contributed by atoms with Crippen molar-refractivity contribution in [3.63, 3.8) is 0 Å². The maximum atomic E-state index is 11.3. The van der Waals surface area contributed by atoms with Crippen LogP contribution in [0.5, 0.6) is 0 Å². The van der Waals surface area contributed by atoms with Gasteiger partial charge < -0.3 is 9.67 Å². The van der Waals surface area contributed by atoms with Crippen LogP contribution in [0.1, 0.15) is 42.0 Å². The number of nitrogens with zero attached hydrogens (tertiary/aromatic N) is 3. The monoisotopic (exact) mass is 257 g/mol. The van der Waals surface area contributed by atoms with Crippen molar-refractivity contribution >= 4 is 5.97 Å². The van der Waals surface area contributed by atoms with E-state index in [1.165, 1.54) is 0 Å². The molecule has 19 heavy (non-hydrogen) atoms. The van der Waals surface area contributed by atoms with Crippen molar-refractivity contribution < 1.29 is 9.90 Å². The fourth-order valence-corrected chi connectivity index (χ4v) is 2.74. The van der Waals surface area contributed by atoms with E-state index in [0.29, 0.717) is 5.82 Å². The van der Waals surface area contributed by atoms with Crippen LogP contribution in [0.2, 0.25) is 0 Å². The molecule has 0 aliphatic carbocycles. The molecule has 5 nitrogen and oxygen atoms in total. The smallest absolute Gasteiger partial charge is 0.356 e. The van der Waals surface area contributed by atoms with Crippen molar-refractivity contribution in [3.8, 4) is 11.4 Å². The van der Waals surface area contributed by atoms with Gasteiger partial charge in [-0.05, 0) is 38.3 Å². The summed E-state index contributed by atoms with van der Waals surface area (Å²) >= 11 is 0. The van der Waals surface area contributed by atoms with Crippen LogP contribution in [-0.4, -0.2) is 25.6 Å². The molecule has 0 aromatic carbocycles. The number of carboxylic acid groups (broad SMARTS) is 1. The molecule has 2 aromatic rings. The molecule has 1 aliphatic rings. The van der Waals surface area contributed by atoms with Crippen molar-refractivity contribution in [3.05, 3.63) is 35.9 Å². The molecular formula is C14H15N3O2. The standard InChI is InChI=1S/C14H15N3O2/c1-9-4-2-6-11-12(14(18)19)16-13(17(9)11)10-5-3-7-15-8-10/h3,5,7-9H,2,4,6H2,1H3,(H,18,19). The summed E-state index contributed by atoms with van der Waals surface area (Å²) in [6.07, 6.45) is 6.27. The molecule has 1 aliphatic heterocycles. The highest BCUT2D eigenvalue weighted by molar-refractivity contribution is 5.88. The van der Waals surface area contributed by atoms with E-state index in [4.69, 9.17) is 0 Å². The number of fused-ring (bicyclic) bond motifs is 1. The summed E-state index contributed by atoms with van der Waals surface area (Å²) in [5.74, 6) is -0.235. The minimum atomic E-state index is -0.951. The Morgan fingerprint density at radius 3 is 3.05 bits per heavy atom. The van der Waals surface area contributed by atoms with Crippen LogP contribution in [-0.2, 0) is 6.42 Å². The minimum absolute atomic E-state index is 0.186. The highest BCUT2D eigenvalue weighted by atomic mass is 16.4. The van der Waals surface area contributed by atoms with E-state index < -0.39 is 5.97 Å². The lowest BCUT2D eigenvalue weighted by molar-refractivity contribution is 0.0689. The van der Waals surface area contributed by atoms with Crippen LogP contribution in [0.3, 0.4) is 0 Å². The Morgan fingerprint density at radius 1 is 1.53 bits per heavy atom. The van der Waals surface area contributed by atoms with E-state index in [1.54, 1.807) is 12.4 Å². The summed E-state index contributed by atoms with van der Waals surface area (Å²) in [5, 5.41) is 9.30. The average molecular weight is 257 g/mol. The predicted molar refractivity (Wildman–Crippen MR) is 70.1 cm³/mol. The molecule has 0 saturated carbocycles. The average Bonchev–Trinajstić information content (AvgIpc) is 2.81. The number of carboxylic acids is 1. The van der Waals surface area contributed by atoms with Crippen molar-refractivity contribution in [2.75, 3.05) is 0 Å². The largest absolute Gasteiger partial charge is 0.476 e. The van der Waals surface area contributed by atoms with E-state index in [-0.39, 0.29) is 11.7 Å². The number of hydrogen-bond donors (Lipinski definition) is 1. The summed E-state index contributed by atoms with van der Waals surface area (Å²) in [6.45, 7) is 2.11. The van der Waals surface area contributed by atoms with Gasteiger partial charge in [-0.2, -0.15) is 0 Å². The lowest BCUT2D eigenvalue weighted by atomic mass is 10.0. The molecule has 0 fully saturated rings. The van der Waals surface area contributed by atoms with Crippen LogP contribution in [0.25, 0.3) is 11.4 Å². The molecule has 98 valence electrons. The van der Waals surface area contributed by atoms with E-state index in [9.17, 15) is 9.90 Å². The van der Waals surface area contributed by atoms with Gasteiger partial charge in [0.15, 0.2) is 5.69 Å². The molecule has 5 heteroatoms. The van der Waals surface area contributed by atoms with E-state index >= 15 is 0 Å². The summed E-state index contributed by atoms with van der Waals surface area (Å²) in [6, 6.07) is 4.03. The van der Waals surface area contributed by atoms with Crippen molar-refractivity contribution in [2.24, 2.45) is 0 Å². The molecule has 1 atom stereocenters. The lowest BCUT2D eigenvalue weighted by Crippen LogP contribution is -2.17. The Morgan fingerprint density at radius 2 is 2.37 bits per heavy atom. The first-order chi connectivity index (χ1) is 9.18. The van der Waals surface area contributed by atoms with Crippen molar-refractivity contribution in [2.45, 2.75) is 32.2 Å². The maximum absolute atomic E-state index is 11.3. The molecule has 0 bridgehead atoms. The highest BCUT2D eigenvalue weighted by Crippen LogP contribution is 2.32. The second-order valence-corrected chi connectivity index (χ2v) is 4.89. The number of hydrogen-bond acceptors (Lipinski definition) is 3. The van der Waals surface area contributed by atoms with Crippen LogP contribution in [0, 0.1) is 0 Å². The number of aromatic carboxylic acids is 1. The molecule has 0 amide bonds. The van der Waals surface area contributed by atoms with Gasteiger partial charge in [0, 0.05) is 24.0 Å². The van der Waals surface area contributed by atoms with Gasteiger partial charge in [-0.1, -0.05) is 0 Å². The van der Waals surface area contributed by atoms with Crippen LogP contribution < -0.4 is 0 Å². The predicted octanol–water partition coefficient (Wildman–Crippen LogP) is 2.54. The third kappa shape index (κ3) is 1.91. The summed E-state index contributed by atoms with van der Waals surface area (Å²) < 4.78 is 2.06. The SMILES string of the molecule is CC1CCCc2c(C(=O)O)nc(-c3cccnc3)n21. The van der Waals surface area contributed by atoms with Gasteiger partial charge in [0.05, 0.1) is 5.69 Å². The molecule has 3 heterocycles. The number of pyridine rings is 1. The molecule has 0 radical (unpaired) electrons. The normalized spacial score (nSPS) is 18.1. The Hall–Kier alpha value is -2.17. The van der Waals surface area contributed by atoms with Crippen molar-refractivity contribution in [1.82, 2.24) is 14.5 Å².